The van der Waals surface area contributed by atoms with Gasteiger partial charge in [0.05, 0.1) is 0 Å². The zero-order chi connectivity index (χ0) is 12.9. The first-order valence-corrected chi connectivity index (χ1v) is 7.81. The fourth-order valence-electron chi connectivity index (χ4n) is 1.34. The normalized spacial score (nSPS) is 13.9. The van der Waals surface area contributed by atoms with Crippen LogP contribution in [0.5, 0.6) is 0 Å². The molecule has 6 heteroatoms. The van der Waals surface area contributed by atoms with Crippen molar-refractivity contribution in [1.29, 1.82) is 0 Å². The summed E-state index contributed by atoms with van der Waals surface area (Å²) in [6, 6.07) is 9.66. The lowest BCUT2D eigenvalue weighted by Gasteiger charge is -2.19. The molecule has 17 heavy (non-hydrogen) atoms. The van der Waals surface area contributed by atoms with Gasteiger partial charge in [0, 0.05) is 25.5 Å². The molecule has 0 fully saturated rings. The summed E-state index contributed by atoms with van der Waals surface area (Å²) in [5.74, 6) is 0. The number of nitrogens with one attached hydrogen (secondary N) is 1. The fraction of sp³-hybridized carbons (Fsp3) is 0.455. The highest BCUT2D eigenvalue weighted by Gasteiger charge is 2.19. The summed E-state index contributed by atoms with van der Waals surface area (Å²) in [6.45, 7) is 0. The van der Waals surface area contributed by atoms with Crippen molar-refractivity contribution in [1.82, 2.24) is 9.03 Å². The van der Waals surface area contributed by atoms with Gasteiger partial charge in [0.25, 0.3) is 10.2 Å². The Morgan fingerprint density at radius 2 is 1.88 bits per heavy atom. The molecule has 0 heterocycles. The van der Waals surface area contributed by atoms with E-state index in [2.05, 4.69) is 20.7 Å². The maximum absolute atomic E-state index is 11.7. The summed E-state index contributed by atoms with van der Waals surface area (Å²) in [5, 5.41) is 0.578. The van der Waals surface area contributed by atoms with E-state index in [-0.39, 0.29) is 6.04 Å². The molecule has 1 aromatic carbocycles. The number of hydrogen-bond acceptors (Lipinski definition) is 2. The topological polar surface area (TPSA) is 49.4 Å². The summed E-state index contributed by atoms with van der Waals surface area (Å²) < 4.78 is 27.2. The van der Waals surface area contributed by atoms with Gasteiger partial charge in [-0.2, -0.15) is 17.4 Å². The molecule has 0 saturated heterocycles. The van der Waals surface area contributed by atoms with Gasteiger partial charge in [0.1, 0.15) is 0 Å². The second-order valence-corrected chi connectivity index (χ2v) is 6.51. The number of hydrogen-bond donors (Lipinski definition) is 1. The molecule has 0 aliphatic carbocycles. The highest BCUT2D eigenvalue weighted by Crippen LogP contribution is 2.06. The van der Waals surface area contributed by atoms with Crippen LogP contribution in [-0.2, 0) is 16.6 Å². The molecule has 0 radical (unpaired) electrons. The molecule has 1 rings (SSSR count). The van der Waals surface area contributed by atoms with Crippen molar-refractivity contribution in [2.75, 3.05) is 19.4 Å². The summed E-state index contributed by atoms with van der Waals surface area (Å²) in [6.07, 6.45) is 0.666. The minimum absolute atomic E-state index is 0.148. The third-order valence-corrected chi connectivity index (χ3v) is 4.68. The lowest BCUT2D eigenvalue weighted by Crippen LogP contribution is -2.43. The molecule has 0 saturated carbocycles. The third-order valence-electron chi connectivity index (χ3n) is 2.31. The minimum atomic E-state index is -3.38. The van der Waals surface area contributed by atoms with Crippen LogP contribution in [-0.4, -0.2) is 38.2 Å². The van der Waals surface area contributed by atoms with E-state index >= 15 is 0 Å². The Bertz CT molecular complexity index is 434. The molecular formula is C11H17BrN2O2S. The average Bonchev–Trinajstić information content (AvgIpc) is 2.29. The molecule has 1 aromatic rings. The van der Waals surface area contributed by atoms with Crippen molar-refractivity contribution in [3.8, 4) is 0 Å². The highest BCUT2D eigenvalue weighted by molar-refractivity contribution is 9.09. The fourth-order valence-corrected chi connectivity index (χ4v) is 2.75. The molecule has 1 atom stereocenters. The van der Waals surface area contributed by atoms with Crippen LogP contribution in [0.3, 0.4) is 0 Å². The lowest BCUT2D eigenvalue weighted by molar-refractivity contribution is 0.492. The maximum Gasteiger partial charge on any atom is 0.279 e. The Hall–Kier alpha value is -0.430. The number of benzene rings is 1. The molecule has 0 aliphatic heterocycles. The maximum atomic E-state index is 11.7. The first-order valence-electron chi connectivity index (χ1n) is 5.25. The Morgan fingerprint density at radius 1 is 1.29 bits per heavy atom. The second-order valence-electron chi connectivity index (χ2n) is 3.95. The van der Waals surface area contributed by atoms with E-state index in [9.17, 15) is 8.42 Å². The summed E-state index contributed by atoms with van der Waals surface area (Å²) in [5.41, 5.74) is 1.11. The van der Waals surface area contributed by atoms with E-state index in [1.807, 2.05) is 30.3 Å². The molecule has 0 spiro atoms. The van der Waals surface area contributed by atoms with Gasteiger partial charge in [-0.1, -0.05) is 46.3 Å². The molecule has 4 nitrogen and oxygen atoms in total. The lowest BCUT2D eigenvalue weighted by atomic mass is 10.1. The zero-order valence-corrected chi connectivity index (χ0v) is 12.3. The van der Waals surface area contributed by atoms with Gasteiger partial charge in [0.2, 0.25) is 0 Å². The molecule has 0 bridgehead atoms. The van der Waals surface area contributed by atoms with E-state index in [1.165, 1.54) is 18.4 Å². The largest absolute Gasteiger partial charge is 0.279 e. The molecule has 96 valence electrons. The van der Waals surface area contributed by atoms with Crippen LogP contribution in [0.1, 0.15) is 5.56 Å². The Morgan fingerprint density at radius 3 is 2.35 bits per heavy atom. The Labute approximate surface area is 111 Å². The van der Waals surface area contributed by atoms with E-state index in [0.717, 1.165) is 5.56 Å². The van der Waals surface area contributed by atoms with Crippen LogP contribution in [0.25, 0.3) is 0 Å². The van der Waals surface area contributed by atoms with Gasteiger partial charge in [0.15, 0.2) is 0 Å². The molecule has 0 amide bonds. The van der Waals surface area contributed by atoms with Gasteiger partial charge in [-0.3, -0.25) is 0 Å². The molecule has 1 unspecified atom stereocenters. The Balaban J connectivity index is 2.68. The van der Waals surface area contributed by atoms with Gasteiger partial charge in [-0.15, -0.1) is 0 Å². The van der Waals surface area contributed by atoms with Crippen LogP contribution in [0, 0.1) is 0 Å². The molecule has 0 aliphatic rings. The van der Waals surface area contributed by atoms with Crippen molar-refractivity contribution in [2.45, 2.75) is 12.5 Å². The highest BCUT2D eigenvalue weighted by atomic mass is 79.9. The number of rotatable bonds is 6. The number of nitrogens with zero attached hydrogens (tertiary/aromatic N) is 1. The van der Waals surface area contributed by atoms with Crippen molar-refractivity contribution < 1.29 is 8.42 Å². The van der Waals surface area contributed by atoms with Crippen molar-refractivity contribution in [3.05, 3.63) is 35.9 Å². The van der Waals surface area contributed by atoms with Crippen LogP contribution in [0.15, 0.2) is 30.3 Å². The van der Waals surface area contributed by atoms with Gasteiger partial charge in [-0.25, -0.2) is 0 Å². The molecule has 0 aromatic heterocycles. The van der Waals surface area contributed by atoms with E-state index in [1.54, 1.807) is 0 Å². The number of halogens is 1. The summed E-state index contributed by atoms with van der Waals surface area (Å²) in [7, 11) is -0.356. The SMILES string of the molecule is CN(C)S(=O)(=O)NC(CBr)Cc1ccccc1. The average molecular weight is 321 g/mol. The van der Waals surface area contributed by atoms with Crippen LogP contribution in [0.4, 0.5) is 0 Å². The zero-order valence-electron chi connectivity index (χ0n) is 9.93. The van der Waals surface area contributed by atoms with Crippen molar-refractivity contribution in [2.24, 2.45) is 0 Å². The third kappa shape index (κ3) is 4.75. The van der Waals surface area contributed by atoms with Crippen LogP contribution in [0.2, 0.25) is 0 Å². The van der Waals surface area contributed by atoms with Gasteiger partial charge < -0.3 is 0 Å². The first kappa shape index (κ1) is 14.6. The van der Waals surface area contributed by atoms with Gasteiger partial charge in [-0.05, 0) is 12.0 Å². The predicted molar refractivity (Wildman–Crippen MR) is 73.5 cm³/mol. The van der Waals surface area contributed by atoms with Crippen LogP contribution < -0.4 is 4.72 Å². The quantitative estimate of drug-likeness (QED) is 0.805. The Kier molecular flexibility index (Phi) is 5.58. The summed E-state index contributed by atoms with van der Waals surface area (Å²) in [4.78, 5) is 0. The monoisotopic (exact) mass is 320 g/mol. The number of alkyl halides is 1. The van der Waals surface area contributed by atoms with Gasteiger partial charge >= 0.3 is 0 Å². The second kappa shape index (κ2) is 6.49. The van der Waals surface area contributed by atoms with Crippen molar-refractivity contribution >= 4 is 26.1 Å². The van der Waals surface area contributed by atoms with E-state index in [0.29, 0.717) is 11.8 Å². The standard InChI is InChI=1S/C11H17BrN2O2S/c1-14(2)17(15,16)13-11(9-12)8-10-6-4-3-5-7-10/h3-7,11,13H,8-9H2,1-2H3. The smallest absolute Gasteiger partial charge is 0.198 e. The summed E-state index contributed by atoms with van der Waals surface area (Å²) >= 11 is 3.33. The van der Waals surface area contributed by atoms with Crippen molar-refractivity contribution in [3.63, 3.8) is 0 Å². The molecule has 1 N–H and O–H groups in total. The van der Waals surface area contributed by atoms with Crippen LogP contribution >= 0.6 is 15.9 Å². The first-order chi connectivity index (χ1) is 7.95. The molecular weight excluding hydrogens is 304 g/mol. The van der Waals surface area contributed by atoms with E-state index in [4.69, 9.17) is 0 Å². The predicted octanol–water partition coefficient (Wildman–Crippen LogP) is 1.39. The van der Waals surface area contributed by atoms with E-state index < -0.39 is 10.2 Å². The minimum Gasteiger partial charge on any atom is -0.198 e.